The summed E-state index contributed by atoms with van der Waals surface area (Å²) in [4.78, 5) is 37.5. The van der Waals surface area contributed by atoms with Crippen LogP contribution in [0.2, 0.25) is 0 Å². The van der Waals surface area contributed by atoms with Crippen molar-refractivity contribution >= 4 is 17.5 Å². The fourth-order valence-corrected chi connectivity index (χ4v) is 7.34. The molecule has 0 saturated heterocycles. The summed E-state index contributed by atoms with van der Waals surface area (Å²) in [6, 6.07) is 0. The zero-order chi connectivity index (χ0) is 22.8. The zero-order valence-corrected chi connectivity index (χ0v) is 18.6. The number of esters is 1. The van der Waals surface area contributed by atoms with Gasteiger partial charge < -0.3 is 14.9 Å². The first kappa shape index (κ1) is 22.2. The van der Waals surface area contributed by atoms with E-state index in [1.165, 1.54) is 0 Å². The van der Waals surface area contributed by atoms with Crippen LogP contribution in [0.15, 0.2) is 36.0 Å². The molecule has 0 radical (unpaired) electrons. The minimum Gasteiger partial charge on any atom is -0.450 e. The molecule has 2 N–H and O–H groups in total. The Labute approximate surface area is 183 Å². The summed E-state index contributed by atoms with van der Waals surface area (Å²) in [5, 5.41) is 21.3. The molecule has 4 aliphatic rings. The van der Waals surface area contributed by atoms with Gasteiger partial charge in [0.1, 0.15) is 6.61 Å². The van der Waals surface area contributed by atoms with Gasteiger partial charge in [0.15, 0.2) is 11.4 Å². The Bertz CT molecular complexity index is 915. The third-order valence-corrected chi connectivity index (χ3v) is 8.72. The molecule has 0 aromatic carbocycles. The summed E-state index contributed by atoms with van der Waals surface area (Å²) in [5.74, 6) is -1.53. The van der Waals surface area contributed by atoms with Crippen LogP contribution in [0, 0.1) is 34.5 Å². The first-order valence-corrected chi connectivity index (χ1v) is 11.2. The summed E-state index contributed by atoms with van der Waals surface area (Å²) in [5.41, 5.74) is -1.86. The molecule has 8 atom stereocenters. The van der Waals surface area contributed by atoms with Gasteiger partial charge in [-0.3, -0.25) is 14.4 Å². The normalized spacial score (nSPS) is 45.4. The number of carbonyl (C=O) groups is 3. The minimum absolute atomic E-state index is 0.0169. The average molecular weight is 429 g/mol. The predicted octanol–water partition coefficient (Wildman–Crippen LogP) is 2.54. The highest BCUT2D eigenvalue weighted by atomic mass is 16.6. The van der Waals surface area contributed by atoms with E-state index in [1.807, 2.05) is 26.0 Å². The highest BCUT2D eigenvalue weighted by molar-refractivity contribution is 6.01. The van der Waals surface area contributed by atoms with Gasteiger partial charge >= 0.3 is 5.97 Å². The van der Waals surface area contributed by atoms with E-state index in [9.17, 15) is 24.6 Å². The predicted molar refractivity (Wildman–Crippen MR) is 114 cm³/mol. The third kappa shape index (κ3) is 2.80. The van der Waals surface area contributed by atoms with Crippen molar-refractivity contribution in [1.29, 1.82) is 0 Å². The molecule has 168 valence electrons. The van der Waals surface area contributed by atoms with Gasteiger partial charge in [-0.15, -0.1) is 0 Å². The van der Waals surface area contributed by atoms with Gasteiger partial charge in [-0.1, -0.05) is 45.9 Å². The topological polar surface area (TPSA) is 101 Å². The van der Waals surface area contributed by atoms with Crippen LogP contribution in [0.5, 0.6) is 0 Å². The van der Waals surface area contributed by atoms with Crippen LogP contribution in [0.3, 0.4) is 0 Å². The highest BCUT2D eigenvalue weighted by Gasteiger charge is 2.72. The fraction of sp³-hybridized carbons (Fsp3) is 0.640. The van der Waals surface area contributed by atoms with E-state index in [2.05, 4.69) is 13.0 Å². The number of allylic oxidation sites excluding steroid dienone is 6. The number of fused-ring (bicyclic) bond motifs is 5. The number of carbonyl (C=O) groups excluding carboxylic acids is 3. The molecule has 31 heavy (non-hydrogen) atoms. The van der Waals surface area contributed by atoms with Crippen LogP contribution in [0.4, 0.5) is 0 Å². The van der Waals surface area contributed by atoms with Crippen molar-refractivity contribution in [1.82, 2.24) is 0 Å². The fourth-order valence-electron chi connectivity index (χ4n) is 7.34. The standard InChI is InChI=1S/C25H32O6/c1-5-21(30)31-25(20(29)13-26)14(2)10-18-17-7-6-15-11-16(27)8-9-23(15,3)22(17)19(28)12-24(18,25)4/h6-9,11,14,17-19,22,26,28H,5,10,12-13H2,1-4H3/t14-,17+,18+,19+,22-,23+,24+,25-/m1/s1. The van der Waals surface area contributed by atoms with E-state index in [0.29, 0.717) is 6.42 Å². The minimum atomic E-state index is -1.46. The highest BCUT2D eigenvalue weighted by Crippen LogP contribution is 2.68. The lowest BCUT2D eigenvalue weighted by Gasteiger charge is -2.58. The van der Waals surface area contributed by atoms with Crippen LogP contribution < -0.4 is 0 Å². The number of hydrogen-bond acceptors (Lipinski definition) is 6. The zero-order valence-electron chi connectivity index (χ0n) is 18.6. The molecule has 0 spiro atoms. The van der Waals surface area contributed by atoms with Crippen molar-refractivity contribution in [2.75, 3.05) is 6.61 Å². The van der Waals surface area contributed by atoms with Gasteiger partial charge in [-0.2, -0.15) is 0 Å². The van der Waals surface area contributed by atoms with E-state index < -0.39 is 40.9 Å². The van der Waals surface area contributed by atoms with Crippen LogP contribution in [0.1, 0.15) is 47.0 Å². The summed E-state index contributed by atoms with van der Waals surface area (Å²) in [6.07, 6.45) is 9.43. The van der Waals surface area contributed by atoms with Crippen LogP contribution in [-0.2, 0) is 19.1 Å². The van der Waals surface area contributed by atoms with Crippen molar-refractivity contribution in [3.8, 4) is 0 Å². The number of rotatable bonds is 4. The molecule has 4 aliphatic carbocycles. The Morgan fingerprint density at radius 1 is 1.26 bits per heavy atom. The van der Waals surface area contributed by atoms with Crippen LogP contribution >= 0.6 is 0 Å². The summed E-state index contributed by atoms with van der Waals surface area (Å²) in [6.45, 7) is 6.86. The molecule has 0 unspecified atom stereocenters. The van der Waals surface area contributed by atoms with E-state index in [1.54, 1.807) is 19.1 Å². The Morgan fingerprint density at radius 2 is 1.97 bits per heavy atom. The molecular formula is C25H32O6. The second-order valence-electron chi connectivity index (χ2n) is 10.2. The first-order chi connectivity index (χ1) is 14.5. The van der Waals surface area contributed by atoms with E-state index >= 15 is 0 Å². The maximum atomic E-state index is 13.2. The Balaban J connectivity index is 1.84. The van der Waals surface area contributed by atoms with Gasteiger partial charge in [0.2, 0.25) is 5.78 Å². The second kappa shape index (κ2) is 7.24. The molecule has 0 amide bonds. The quantitative estimate of drug-likeness (QED) is 0.668. The number of Topliss-reactive ketones (excluding diaryl/α,β-unsaturated/α-hetero) is 1. The number of aliphatic hydroxyl groups excluding tert-OH is 2. The molecule has 0 heterocycles. The number of ketones is 2. The van der Waals surface area contributed by atoms with Crippen molar-refractivity contribution in [2.45, 2.75) is 58.7 Å². The molecule has 0 aliphatic heterocycles. The lowest BCUT2D eigenvalue weighted by atomic mass is 9.47. The van der Waals surface area contributed by atoms with Crippen molar-refractivity contribution < 1.29 is 29.3 Å². The third-order valence-electron chi connectivity index (χ3n) is 8.72. The Morgan fingerprint density at radius 3 is 2.61 bits per heavy atom. The molecule has 6 nitrogen and oxygen atoms in total. The lowest BCUT2D eigenvalue weighted by molar-refractivity contribution is -0.201. The number of hydrogen-bond donors (Lipinski definition) is 2. The second-order valence-corrected chi connectivity index (χ2v) is 10.2. The molecule has 6 heteroatoms. The Kier molecular flexibility index (Phi) is 5.17. The van der Waals surface area contributed by atoms with Crippen molar-refractivity contribution in [2.24, 2.45) is 34.5 Å². The molecular weight excluding hydrogens is 396 g/mol. The SMILES string of the molecule is CCC(=O)O[C@@]1(C(=O)CO)[C@H](C)C[C@H]2[C@@H]3C=CC4=CC(=O)C=C[C@]4(C)[C@H]3[C@@H](O)C[C@@]21C. The smallest absolute Gasteiger partial charge is 0.306 e. The van der Waals surface area contributed by atoms with Crippen molar-refractivity contribution in [3.63, 3.8) is 0 Å². The van der Waals surface area contributed by atoms with Gasteiger partial charge in [0.05, 0.1) is 6.10 Å². The largest absolute Gasteiger partial charge is 0.450 e. The van der Waals surface area contributed by atoms with Crippen LogP contribution in [-0.4, -0.2) is 46.1 Å². The van der Waals surface area contributed by atoms with E-state index in [4.69, 9.17) is 4.74 Å². The molecule has 0 aromatic heterocycles. The summed E-state index contributed by atoms with van der Waals surface area (Å²) < 4.78 is 5.91. The van der Waals surface area contributed by atoms with Crippen molar-refractivity contribution in [3.05, 3.63) is 36.0 Å². The molecule has 2 fully saturated rings. The average Bonchev–Trinajstić information content (AvgIpc) is 2.94. The number of ether oxygens (including phenoxy) is 1. The van der Waals surface area contributed by atoms with Gasteiger partial charge in [0, 0.05) is 29.1 Å². The van der Waals surface area contributed by atoms with Crippen LogP contribution in [0.25, 0.3) is 0 Å². The first-order valence-electron chi connectivity index (χ1n) is 11.2. The molecule has 0 aromatic rings. The van der Waals surface area contributed by atoms with Gasteiger partial charge in [0.25, 0.3) is 0 Å². The van der Waals surface area contributed by atoms with Gasteiger partial charge in [-0.25, -0.2) is 0 Å². The molecule has 4 rings (SSSR count). The van der Waals surface area contributed by atoms with E-state index in [0.717, 1.165) is 5.57 Å². The van der Waals surface area contributed by atoms with Gasteiger partial charge in [-0.05, 0) is 42.4 Å². The monoisotopic (exact) mass is 428 g/mol. The van der Waals surface area contributed by atoms with E-state index in [-0.39, 0.29) is 42.3 Å². The Hall–Kier alpha value is -2.05. The number of aliphatic hydroxyl groups is 2. The summed E-state index contributed by atoms with van der Waals surface area (Å²) in [7, 11) is 0. The molecule has 0 bridgehead atoms. The maximum Gasteiger partial charge on any atom is 0.306 e. The lowest BCUT2D eigenvalue weighted by Crippen LogP contribution is -2.63. The summed E-state index contributed by atoms with van der Waals surface area (Å²) >= 11 is 0. The maximum absolute atomic E-state index is 13.2. The molecule has 2 saturated carbocycles.